The number of amides is 1. The molecule has 2 fully saturated rings. The third-order valence-electron chi connectivity index (χ3n) is 5.85. The lowest BCUT2D eigenvalue weighted by atomic mass is 9.94. The molecule has 1 aliphatic heterocycles. The molecule has 1 saturated carbocycles. The fourth-order valence-electron chi connectivity index (χ4n) is 4.39. The number of methoxy groups -OCH3 is 1. The van der Waals surface area contributed by atoms with Crippen LogP contribution >= 0.6 is 11.8 Å². The molecule has 1 aromatic rings. The second-order valence-electron chi connectivity index (χ2n) is 7.33. The van der Waals surface area contributed by atoms with E-state index in [2.05, 4.69) is 15.2 Å². The van der Waals surface area contributed by atoms with Crippen molar-refractivity contribution >= 4 is 23.6 Å². The molecule has 0 unspecified atom stereocenters. The van der Waals surface area contributed by atoms with Crippen molar-refractivity contribution in [2.75, 3.05) is 38.2 Å². The number of esters is 1. The van der Waals surface area contributed by atoms with Crippen molar-refractivity contribution in [1.29, 1.82) is 0 Å². The zero-order valence-electron chi connectivity index (χ0n) is 15.9. The van der Waals surface area contributed by atoms with Crippen LogP contribution in [-0.4, -0.2) is 65.5 Å². The summed E-state index contributed by atoms with van der Waals surface area (Å²) in [6.45, 7) is 6.46. The fourth-order valence-corrected chi connectivity index (χ4v) is 5.30. The zero-order chi connectivity index (χ0) is 18.7. The maximum absolute atomic E-state index is 12.8. The molecule has 1 aliphatic carbocycles. The number of H-pyrrole nitrogens is 1. The molecular formula is C19H29N3O3S. The average Bonchev–Trinajstić information content (AvgIpc) is 3.25. The van der Waals surface area contributed by atoms with Crippen LogP contribution in [0.15, 0.2) is 0 Å². The molecule has 0 atom stereocenters. The van der Waals surface area contributed by atoms with E-state index in [4.69, 9.17) is 4.74 Å². The van der Waals surface area contributed by atoms with Crippen LogP contribution in [0.3, 0.4) is 0 Å². The molecule has 2 aliphatic rings. The van der Waals surface area contributed by atoms with Gasteiger partial charge in [-0.15, -0.1) is 0 Å². The number of aromatic amines is 1. The molecule has 1 aromatic heterocycles. The van der Waals surface area contributed by atoms with E-state index in [-0.39, 0.29) is 11.4 Å². The first-order valence-electron chi connectivity index (χ1n) is 9.37. The summed E-state index contributed by atoms with van der Waals surface area (Å²) >= 11 is 2.01. The summed E-state index contributed by atoms with van der Waals surface area (Å²) in [5, 5.41) is 3.15. The third kappa shape index (κ3) is 3.64. The molecule has 0 spiro atoms. The maximum atomic E-state index is 12.8. The molecule has 26 heavy (non-hydrogen) atoms. The number of thioether (sulfide) groups is 1. The number of ether oxygens (including phenoxy) is 1. The van der Waals surface area contributed by atoms with E-state index in [0.29, 0.717) is 29.1 Å². The van der Waals surface area contributed by atoms with Gasteiger partial charge in [-0.25, -0.2) is 4.79 Å². The quantitative estimate of drug-likeness (QED) is 0.769. The smallest absolute Gasteiger partial charge is 0.339 e. The second-order valence-corrected chi connectivity index (χ2v) is 8.55. The Morgan fingerprint density at radius 1 is 1.23 bits per heavy atom. The number of carbonyl (C=O) groups excluding carboxylic acids is 2. The van der Waals surface area contributed by atoms with E-state index in [9.17, 15) is 9.59 Å². The molecule has 0 aromatic carbocycles. The van der Waals surface area contributed by atoms with E-state index in [1.54, 1.807) is 13.8 Å². The minimum Gasteiger partial charge on any atom is -0.465 e. The predicted molar refractivity (Wildman–Crippen MR) is 104 cm³/mol. The van der Waals surface area contributed by atoms with Crippen LogP contribution in [0, 0.1) is 13.8 Å². The van der Waals surface area contributed by atoms with Gasteiger partial charge in [0.05, 0.1) is 12.7 Å². The summed E-state index contributed by atoms with van der Waals surface area (Å²) in [6.07, 6.45) is 4.75. The van der Waals surface area contributed by atoms with Crippen molar-refractivity contribution in [3.8, 4) is 0 Å². The number of carbonyl (C=O) groups is 2. The van der Waals surface area contributed by atoms with Gasteiger partial charge in [-0.05, 0) is 32.3 Å². The Labute approximate surface area is 159 Å². The van der Waals surface area contributed by atoms with Crippen LogP contribution in [0.5, 0.6) is 0 Å². The lowest BCUT2D eigenvalue weighted by molar-refractivity contribution is 0.0599. The van der Waals surface area contributed by atoms with Gasteiger partial charge in [-0.1, -0.05) is 12.8 Å². The van der Waals surface area contributed by atoms with Gasteiger partial charge >= 0.3 is 5.97 Å². The minimum absolute atomic E-state index is 0.0946. The Bertz CT molecular complexity index is 674. The molecule has 3 rings (SSSR count). The van der Waals surface area contributed by atoms with Gasteiger partial charge in [0.2, 0.25) is 0 Å². The van der Waals surface area contributed by atoms with Gasteiger partial charge in [0.1, 0.15) is 5.69 Å². The van der Waals surface area contributed by atoms with Crippen LogP contribution in [0.2, 0.25) is 0 Å². The Hall–Kier alpha value is -1.47. The molecule has 6 nitrogen and oxygen atoms in total. The highest BCUT2D eigenvalue weighted by atomic mass is 32.2. The third-order valence-corrected chi connectivity index (χ3v) is 6.79. The van der Waals surface area contributed by atoms with Crippen LogP contribution in [-0.2, 0) is 4.74 Å². The average molecular weight is 380 g/mol. The monoisotopic (exact) mass is 379 g/mol. The van der Waals surface area contributed by atoms with Crippen molar-refractivity contribution in [2.45, 2.75) is 45.1 Å². The number of hydrogen-bond acceptors (Lipinski definition) is 5. The number of hydrogen-bond donors (Lipinski definition) is 2. The molecule has 2 N–H and O–H groups in total. The topological polar surface area (TPSA) is 74.4 Å². The highest BCUT2D eigenvalue weighted by Crippen LogP contribution is 2.36. The first-order chi connectivity index (χ1) is 12.5. The predicted octanol–water partition coefficient (Wildman–Crippen LogP) is 2.51. The fraction of sp³-hybridized carbons (Fsp3) is 0.684. The highest BCUT2D eigenvalue weighted by molar-refractivity contribution is 7.99. The largest absolute Gasteiger partial charge is 0.465 e. The van der Waals surface area contributed by atoms with Crippen molar-refractivity contribution in [3.63, 3.8) is 0 Å². The van der Waals surface area contributed by atoms with E-state index < -0.39 is 5.97 Å². The standard InChI is InChI=1S/C19H29N3O3S/c1-13-15(18(24)25-3)14(2)21-16(13)17(23)20-12-19(6-4-5-7-19)22-8-10-26-11-9-22/h21H,4-12H2,1-3H3,(H,20,23). The Morgan fingerprint density at radius 2 is 1.88 bits per heavy atom. The van der Waals surface area contributed by atoms with Crippen molar-refractivity contribution in [2.24, 2.45) is 0 Å². The number of nitrogens with zero attached hydrogens (tertiary/aromatic N) is 1. The zero-order valence-corrected chi connectivity index (χ0v) is 16.8. The van der Waals surface area contributed by atoms with Crippen molar-refractivity contribution < 1.29 is 14.3 Å². The van der Waals surface area contributed by atoms with E-state index in [1.165, 1.54) is 31.5 Å². The van der Waals surface area contributed by atoms with Crippen LogP contribution in [0.1, 0.15) is 57.8 Å². The Balaban J connectivity index is 1.72. The van der Waals surface area contributed by atoms with E-state index >= 15 is 0 Å². The van der Waals surface area contributed by atoms with Gasteiger partial charge < -0.3 is 15.0 Å². The number of aryl methyl sites for hydroxylation is 1. The number of aromatic nitrogens is 1. The van der Waals surface area contributed by atoms with Gasteiger partial charge in [0.25, 0.3) is 5.91 Å². The summed E-state index contributed by atoms with van der Waals surface area (Å²) in [7, 11) is 1.36. The highest BCUT2D eigenvalue weighted by Gasteiger charge is 2.40. The molecular weight excluding hydrogens is 350 g/mol. The molecule has 7 heteroatoms. The second kappa shape index (κ2) is 8.05. The van der Waals surface area contributed by atoms with Crippen molar-refractivity contribution in [1.82, 2.24) is 15.2 Å². The molecule has 144 valence electrons. The molecule has 0 radical (unpaired) electrons. The van der Waals surface area contributed by atoms with Gasteiger partial charge in [-0.3, -0.25) is 9.69 Å². The van der Waals surface area contributed by atoms with Crippen molar-refractivity contribution in [3.05, 3.63) is 22.5 Å². The van der Waals surface area contributed by atoms with Crippen LogP contribution in [0.4, 0.5) is 0 Å². The summed E-state index contributed by atoms with van der Waals surface area (Å²) < 4.78 is 4.83. The van der Waals surface area contributed by atoms with Crippen LogP contribution < -0.4 is 5.32 Å². The van der Waals surface area contributed by atoms with Crippen LogP contribution in [0.25, 0.3) is 0 Å². The Kier molecular flexibility index (Phi) is 5.97. The molecule has 1 amide bonds. The SMILES string of the molecule is COC(=O)c1c(C)[nH]c(C(=O)NCC2(N3CCSCC3)CCCC2)c1C. The first kappa shape index (κ1) is 19.3. The number of rotatable bonds is 5. The lowest BCUT2D eigenvalue weighted by Crippen LogP contribution is -2.56. The summed E-state index contributed by atoms with van der Waals surface area (Å²) in [5.74, 6) is 1.80. The number of nitrogens with one attached hydrogen (secondary N) is 2. The van der Waals surface area contributed by atoms with Gasteiger partial charge in [-0.2, -0.15) is 11.8 Å². The Morgan fingerprint density at radius 3 is 2.50 bits per heavy atom. The molecule has 0 bridgehead atoms. The van der Waals surface area contributed by atoms with Gasteiger partial charge in [0, 0.05) is 42.4 Å². The normalized spacial score (nSPS) is 20.1. The molecule has 2 heterocycles. The lowest BCUT2D eigenvalue weighted by Gasteiger charge is -2.43. The first-order valence-corrected chi connectivity index (χ1v) is 10.5. The molecule has 1 saturated heterocycles. The summed E-state index contributed by atoms with van der Waals surface area (Å²) in [4.78, 5) is 30.4. The summed E-state index contributed by atoms with van der Waals surface area (Å²) in [6, 6.07) is 0. The van der Waals surface area contributed by atoms with Gasteiger partial charge in [0.15, 0.2) is 0 Å². The summed E-state index contributed by atoms with van der Waals surface area (Å²) in [5.41, 5.74) is 2.34. The maximum Gasteiger partial charge on any atom is 0.339 e. The van der Waals surface area contributed by atoms with E-state index in [1.807, 2.05) is 11.8 Å². The minimum atomic E-state index is -0.409. The van der Waals surface area contributed by atoms with E-state index in [0.717, 1.165) is 25.9 Å².